The van der Waals surface area contributed by atoms with Gasteiger partial charge in [0.15, 0.2) is 5.76 Å². The van der Waals surface area contributed by atoms with E-state index in [-0.39, 0.29) is 17.6 Å². The van der Waals surface area contributed by atoms with Gasteiger partial charge in [-0.05, 0) is 44.9 Å². The molecule has 3 N–H and O–H groups in total. The van der Waals surface area contributed by atoms with Gasteiger partial charge in [0.1, 0.15) is 23.2 Å². The van der Waals surface area contributed by atoms with E-state index in [1.165, 1.54) is 6.07 Å². The van der Waals surface area contributed by atoms with E-state index in [0.29, 0.717) is 11.5 Å². The molecule has 0 bridgehead atoms. The predicted octanol–water partition coefficient (Wildman–Crippen LogP) is 1.23. The SMILES string of the molecule is Cc1ccc(-c2cc(N)c(=O)n([C@@H](C)C(=O)NC3CC3)n2)o1. The summed E-state index contributed by atoms with van der Waals surface area (Å²) < 4.78 is 6.61. The smallest absolute Gasteiger partial charge is 0.290 e. The first-order valence-electron chi connectivity index (χ1n) is 7.22. The van der Waals surface area contributed by atoms with Crippen LogP contribution in [0.3, 0.4) is 0 Å². The first-order valence-corrected chi connectivity index (χ1v) is 7.22. The van der Waals surface area contributed by atoms with Crippen molar-refractivity contribution in [2.24, 2.45) is 0 Å². The number of amides is 1. The highest BCUT2D eigenvalue weighted by Gasteiger charge is 2.27. The zero-order chi connectivity index (χ0) is 15.9. The van der Waals surface area contributed by atoms with Crippen molar-refractivity contribution in [3.8, 4) is 11.5 Å². The molecule has 0 spiro atoms. The van der Waals surface area contributed by atoms with Crippen LogP contribution < -0.4 is 16.6 Å². The Hall–Kier alpha value is -2.57. The Balaban J connectivity index is 1.97. The van der Waals surface area contributed by atoms with Crippen molar-refractivity contribution in [3.63, 3.8) is 0 Å². The number of carbonyl (C=O) groups excluding carboxylic acids is 1. The number of nitrogens with zero attached hydrogens (tertiary/aromatic N) is 2. The number of hydrogen-bond donors (Lipinski definition) is 2. The molecular formula is C15H18N4O3. The van der Waals surface area contributed by atoms with Crippen LogP contribution in [0.4, 0.5) is 5.69 Å². The van der Waals surface area contributed by atoms with Crippen molar-refractivity contribution in [1.29, 1.82) is 0 Å². The van der Waals surface area contributed by atoms with Crippen molar-refractivity contribution < 1.29 is 9.21 Å². The van der Waals surface area contributed by atoms with Gasteiger partial charge < -0.3 is 15.5 Å². The number of nitrogens with two attached hydrogens (primary N) is 1. The minimum atomic E-state index is -0.730. The fourth-order valence-corrected chi connectivity index (χ4v) is 2.15. The summed E-state index contributed by atoms with van der Waals surface area (Å²) in [6.07, 6.45) is 1.96. The number of furan rings is 1. The fourth-order valence-electron chi connectivity index (χ4n) is 2.15. The van der Waals surface area contributed by atoms with E-state index in [0.717, 1.165) is 23.3 Å². The van der Waals surface area contributed by atoms with Crippen molar-refractivity contribution in [1.82, 2.24) is 15.1 Å². The summed E-state index contributed by atoms with van der Waals surface area (Å²) in [5, 5.41) is 7.09. The lowest BCUT2D eigenvalue weighted by Crippen LogP contribution is -2.38. The molecule has 2 aromatic heterocycles. The summed E-state index contributed by atoms with van der Waals surface area (Å²) in [4.78, 5) is 24.3. The molecule has 2 aromatic rings. The van der Waals surface area contributed by atoms with E-state index in [1.807, 2.05) is 6.92 Å². The summed E-state index contributed by atoms with van der Waals surface area (Å²) in [5.74, 6) is 1.00. The predicted molar refractivity (Wildman–Crippen MR) is 81.2 cm³/mol. The van der Waals surface area contributed by atoms with Crippen molar-refractivity contribution >= 4 is 11.6 Å². The molecule has 1 aliphatic rings. The Morgan fingerprint density at radius 1 is 1.50 bits per heavy atom. The van der Waals surface area contributed by atoms with E-state index < -0.39 is 11.6 Å². The van der Waals surface area contributed by atoms with Gasteiger partial charge in [0.05, 0.1) is 0 Å². The third kappa shape index (κ3) is 2.74. The molecule has 0 unspecified atom stereocenters. The lowest BCUT2D eigenvalue weighted by molar-refractivity contribution is -0.124. The molecule has 7 heteroatoms. The number of aryl methyl sites for hydroxylation is 1. The maximum atomic E-state index is 12.2. The van der Waals surface area contributed by atoms with E-state index in [4.69, 9.17) is 10.2 Å². The molecule has 22 heavy (non-hydrogen) atoms. The fraction of sp³-hybridized carbons (Fsp3) is 0.400. The van der Waals surface area contributed by atoms with Crippen LogP contribution in [0.2, 0.25) is 0 Å². The van der Waals surface area contributed by atoms with Crippen LogP contribution in [0.5, 0.6) is 0 Å². The molecule has 7 nitrogen and oxygen atoms in total. The second-order valence-corrected chi connectivity index (χ2v) is 5.60. The van der Waals surface area contributed by atoms with E-state index in [1.54, 1.807) is 19.1 Å². The highest BCUT2D eigenvalue weighted by Crippen LogP contribution is 2.22. The van der Waals surface area contributed by atoms with E-state index in [2.05, 4.69) is 10.4 Å². The molecule has 3 rings (SSSR count). The van der Waals surface area contributed by atoms with Crippen LogP contribution in [0, 0.1) is 6.92 Å². The molecule has 0 saturated heterocycles. The second-order valence-electron chi connectivity index (χ2n) is 5.60. The van der Waals surface area contributed by atoms with Crippen molar-refractivity contribution in [2.75, 3.05) is 5.73 Å². The summed E-state index contributed by atoms with van der Waals surface area (Å²) in [7, 11) is 0. The Morgan fingerprint density at radius 3 is 2.82 bits per heavy atom. The maximum absolute atomic E-state index is 12.2. The molecule has 1 atom stereocenters. The van der Waals surface area contributed by atoms with Gasteiger partial charge in [-0.2, -0.15) is 5.10 Å². The Morgan fingerprint density at radius 2 is 2.23 bits per heavy atom. The van der Waals surface area contributed by atoms with Crippen LogP contribution >= 0.6 is 0 Å². The lowest BCUT2D eigenvalue weighted by atomic mass is 10.2. The number of nitrogen functional groups attached to an aromatic ring is 1. The first kappa shape index (κ1) is 14.4. The third-order valence-electron chi connectivity index (χ3n) is 3.63. The van der Waals surface area contributed by atoms with Crippen LogP contribution in [0.15, 0.2) is 27.4 Å². The van der Waals surface area contributed by atoms with Gasteiger partial charge in [-0.15, -0.1) is 0 Å². The molecule has 0 radical (unpaired) electrons. The van der Waals surface area contributed by atoms with Gasteiger partial charge in [-0.25, -0.2) is 4.68 Å². The largest absolute Gasteiger partial charge is 0.460 e. The van der Waals surface area contributed by atoms with E-state index in [9.17, 15) is 9.59 Å². The zero-order valence-electron chi connectivity index (χ0n) is 12.5. The molecule has 1 amide bonds. The Kier molecular flexibility index (Phi) is 3.48. The monoisotopic (exact) mass is 302 g/mol. The molecule has 2 heterocycles. The first-order chi connectivity index (χ1) is 10.5. The molecule has 0 aliphatic heterocycles. The van der Waals surface area contributed by atoms with Gasteiger partial charge >= 0.3 is 0 Å². The van der Waals surface area contributed by atoms with Crippen LogP contribution in [0.1, 0.15) is 31.6 Å². The van der Waals surface area contributed by atoms with E-state index >= 15 is 0 Å². The summed E-state index contributed by atoms with van der Waals surface area (Å²) in [5.41, 5.74) is 5.75. The Labute approximate surface area is 127 Å². The zero-order valence-corrected chi connectivity index (χ0v) is 12.5. The van der Waals surface area contributed by atoms with Crippen LogP contribution in [-0.4, -0.2) is 21.7 Å². The number of aromatic nitrogens is 2. The topological polar surface area (TPSA) is 103 Å². The maximum Gasteiger partial charge on any atom is 0.290 e. The van der Waals surface area contributed by atoms with Crippen LogP contribution in [0.25, 0.3) is 11.5 Å². The van der Waals surface area contributed by atoms with Gasteiger partial charge in [0.2, 0.25) is 5.91 Å². The highest BCUT2D eigenvalue weighted by molar-refractivity contribution is 5.80. The van der Waals surface area contributed by atoms with Gasteiger partial charge in [-0.1, -0.05) is 0 Å². The number of rotatable bonds is 4. The molecular weight excluding hydrogens is 284 g/mol. The summed E-state index contributed by atoms with van der Waals surface area (Å²) in [6.45, 7) is 3.44. The molecule has 1 aliphatic carbocycles. The molecule has 1 saturated carbocycles. The average Bonchev–Trinajstić information content (AvgIpc) is 3.19. The van der Waals surface area contributed by atoms with Gasteiger partial charge in [-0.3, -0.25) is 9.59 Å². The normalized spacial score (nSPS) is 15.5. The lowest BCUT2D eigenvalue weighted by Gasteiger charge is -2.15. The number of carbonyl (C=O) groups is 1. The average molecular weight is 302 g/mol. The minimum absolute atomic E-state index is 0.0325. The number of hydrogen-bond acceptors (Lipinski definition) is 5. The second kappa shape index (κ2) is 5.32. The van der Waals surface area contributed by atoms with Crippen LogP contribution in [-0.2, 0) is 4.79 Å². The summed E-state index contributed by atoms with van der Waals surface area (Å²) in [6, 6.07) is 4.50. The Bertz CT molecular complexity index is 773. The molecule has 116 valence electrons. The minimum Gasteiger partial charge on any atom is -0.460 e. The van der Waals surface area contributed by atoms with Gasteiger partial charge in [0, 0.05) is 6.04 Å². The summed E-state index contributed by atoms with van der Waals surface area (Å²) >= 11 is 0. The molecule has 1 fully saturated rings. The van der Waals surface area contributed by atoms with Gasteiger partial charge in [0.25, 0.3) is 5.56 Å². The quantitative estimate of drug-likeness (QED) is 0.884. The number of anilines is 1. The van der Waals surface area contributed by atoms with Crippen molar-refractivity contribution in [2.45, 2.75) is 38.8 Å². The standard InChI is InChI=1S/C15H18N4O3/c1-8-3-6-13(22-8)12-7-11(16)15(21)19(18-12)9(2)14(20)17-10-4-5-10/h3,6-7,9-10H,4-5,16H2,1-2H3,(H,17,20)/t9-/m0/s1. The molecule has 0 aromatic carbocycles. The van der Waals surface area contributed by atoms with Crippen molar-refractivity contribution in [3.05, 3.63) is 34.3 Å². The third-order valence-corrected chi connectivity index (χ3v) is 3.63. The number of nitrogens with one attached hydrogen (secondary N) is 1. The highest BCUT2D eigenvalue weighted by atomic mass is 16.3.